The summed E-state index contributed by atoms with van der Waals surface area (Å²) in [6.07, 6.45) is 1.06. The van der Waals surface area contributed by atoms with E-state index >= 15 is 0 Å². The Hall–Kier alpha value is -0.180. The monoisotopic (exact) mass is 283 g/mol. The van der Waals surface area contributed by atoms with Crippen LogP contribution in [0, 0.1) is 5.92 Å². The molecule has 0 saturated carbocycles. The van der Waals surface area contributed by atoms with E-state index in [9.17, 15) is 0 Å². The van der Waals surface area contributed by atoms with Crippen molar-refractivity contribution in [2.75, 3.05) is 18.2 Å². The lowest BCUT2D eigenvalue weighted by Gasteiger charge is -2.23. The van der Waals surface area contributed by atoms with E-state index in [0.717, 1.165) is 18.8 Å². The highest BCUT2D eigenvalue weighted by atomic mass is 35.5. The molecule has 3 heteroatoms. The average molecular weight is 284 g/mol. The van der Waals surface area contributed by atoms with Gasteiger partial charge in [0.05, 0.1) is 0 Å². The number of hydrogen-bond donors (Lipinski definition) is 1. The molecule has 0 saturated heterocycles. The van der Waals surface area contributed by atoms with Crippen molar-refractivity contribution in [2.45, 2.75) is 37.1 Å². The van der Waals surface area contributed by atoms with Crippen molar-refractivity contribution in [3.63, 3.8) is 0 Å². The maximum absolute atomic E-state index is 5.87. The summed E-state index contributed by atoms with van der Waals surface area (Å²) in [6.45, 7) is 5.60. The minimum Gasteiger partial charge on any atom is -0.313 e. The van der Waals surface area contributed by atoms with Crippen molar-refractivity contribution in [2.24, 2.45) is 5.92 Å². The summed E-state index contributed by atoms with van der Waals surface area (Å²) in [6, 6.07) is 9.33. The third-order valence-corrected chi connectivity index (χ3v) is 5.12. The molecule has 1 aliphatic heterocycles. The summed E-state index contributed by atoms with van der Waals surface area (Å²) in [5.74, 6) is 3.25. The molecule has 0 aliphatic carbocycles. The SMILES string of the molecule is CC(C)C(CCCl)NCC1CSc2ccccc21. The number of fused-ring (bicyclic) bond motifs is 1. The Balaban J connectivity index is 1.91. The summed E-state index contributed by atoms with van der Waals surface area (Å²) in [5, 5.41) is 3.71. The Morgan fingerprint density at radius 1 is 1.39 bits per heavy atom. The minimum absolute atomic E-state index is 0.542. The maximum atomic E-state index is 5.87. The van der Waals surface area contributed by atoms with Crippen LogP contribution in [0.15, 0.2) is 29.2 Å². The van der Waals surface area contributed by atoms with Gasteiger partial charge in [-0.25, -0.2) is 0 Å². The molecule has 0 radical (unpaired) electrons. The number of rotatable bonds is 6. The third kappa shape index (κ3) is 3.43. The van der Waals surface area contributed by atoms with Gasteiger partial charge in [-0.05, 0) is 24.0 Å². The average Bonchev–Trinajstić information content (AvgIpc) is 2.77. The van der Waals surface area contributed by atoms with Crippen molar-refractivity contribution >= 4 is 23.4 Å². The molecule has 1 N–H and O–H groups in total. The zero-order valence-corrected chi connectivity index (χ0v) is 12.7. The number of hydrogen-bond acceptors (Lipinski definition) is 2. The maximum Gasteiger partial charge on any atom is 0.0238 e. The van der Waals surface area contributed by atoms with Gasteiger partial charge in [-0.15, -0.1) is 23.4 Å². The van der Waals surface area contributed by atoms with Crippen LogP contribution < -0.4 is 5.32 Å². The van der Waals surface area contributed by atoms with E-state index < -0.39 is 0 Å². The van der Waals surface area contributed by atoms with E-state index in [4.69, 9.17) is 11.6 Å². The summed E-state index contributed by atoms with van der Waals surface area (Å²) >= 11 is 7.86. The van der Waals surface area contributed by atoms with Gasteiger partial charge in [-0.3, -0.25) is 0 Å². The van der Waals surface area contributed by atoms with Gasteiger partial charge in [0, 0.05) is 35.0 Å². The van der Waals surface area contributed by atoms with Gasteiger partial charge in [0.15, 0.2) is 0 Å². The summed E-state index contributed by atoms with van der Waals surface area (Å²) < 4.78 is 0. The van der Waals surface area contributed by atoms with Crippen molar-refractivity contribution in [3.8, 4) is 0 Å². The fraction of sp³-hybridized carbons (Fsp3) is 0.600. The molecule has 1 heterocycles. The van der Waals surface area contributed by atoms with Gasteiger partial charge < -0.3 is 5.32 Å². The van der Waals surface area contributed by atoms with Crippen molar-refractivity contribution in [1.29, 1.82) is 0 Å². The molecule has 1 nitrogen and oxygen atoms in total. The molecular formula is C15H22ClNS. The quantitative estimate of drug-likeness (QED) is 0.788. The predicted molar refractivity (Wildman–Crippen MR) is 81.9 cm³/mol. The van der Waals surface area contributed by atoms with Crippen LogP contribution in [0.4, 0.5) is 0 Å². The first kappa shape index (κ1) is 14.2. The number of halogens is 1. The number of alkyl halides is 1. The second-order valence-electron chi connectivity index (χ2n) is 5.28. The fourth-order valence-corrected chi connectivity index (χ4v) is 3.97. The van der Waals surface area contributed by atoms with Crippen LogP contribution in [0.2, 0.25) is 0 Å². The second kappa shape index (κ2) is 6.83. The highest BCUT2D eigenvalue weighted by molar-refractivity contribution is 7.99. The molecule has 2 rings (SSSR count). The van der Waals surface area contributed by atoms with E-state index in [-0.39, 0.29) is 0 Å². The van der Waals surface area contributed by atoms with Gasteiger partial charge in [0.1, 0.15) is 0 Å². The van der Waals surface area contributed by atoms with Gasteiger partial charge >= 0.3 is 0 Å². The Labute approximate surface area is 120 Å². The van der Waals surface area contributed by atoms with Crippen LogP contribution in [-0.4, -0.2) is 24.2 Å². The first-order chi connectivity index (χ1) is 8.72. The molecule has 0 aromatic heterocycles. The number of nitrogens with one attached hydrogen (secondary N) is 1. The molecular weight excluding hydrogens is 262 g/mol. The zero-order valence-electron chi connectivity index (χ0n) is 11.2. The van der Waals surface area contributed by atoms with E-state index in [1.54, 1.807) is 0 Å². The van der Waals surface area contributed by atoms with Crippen LogP contribution in [0.1, 0.15) is 31.7 Å². The summed E-state index contributed by atoms with van der Waals surface area (Å²) in [4.78, 5) is 1.46. The molecule has 2 unspecified atom stereocenters. The molecule has 1 aliphatic rings. The van der Waals surface area contributed by atoms with Crippen molar-refractivity contribution < 1.29 is 0 Å². The van der Waals surface area contributed by atoms with Crippen LogP contribution in [-0.2, 0) is 0 Å². The minimum atomic E-state index is 0.542. The van der Waals surface area contributed by atoms with E-state index in [1.807, 2.05) is 11.8 Å². The van der Waals surface area contributed by atoms with E-state index in [1.165, 1.54) is 16.2 Å². The van der Waals surface area contributed by atoms with Gasteiger partial charge in [-0.2, -0.15) is 0 Å². The third-order valence-electron chi connectivity index (χ3n) is 3.65. The molecule has 100 valence electrons. The molecule has 0 amide bonds. The first-order valence-electron chi connectivity index (χ1n) is 6.73. The molecule has 1 aromatic carbocycles. The van der Waals surface area contributed by atoms with Gasteiger partial charge in [-0.1, -0.05) is 32.0 Å². The molecule has 0 spiro atoms. The van der Waals surface area contributed by atoms with Crippen molar-refractivity contribution in [3.05, 3.63) is 29.8 Å². The molecule has 18 heavy (non-hydrogen) atoms. The Bertz CT molecular complexity index is 381. The first-order valence-corrected chi connectivity index (χ1v) is 8.25. The fourth-order valence-electron chi connectivity index (χ4n) is 2.48. The van der Waals surface area contributed by atoms with Crippen LogP contribution >= 0.6 is 23.4 Å². The molecule has 0 bridgehead atoms. The smallest absolute Gasteiger partial charge is 0.0238 e. The molecule has 2 atom stereocenters. The topological polar surface area (TPSA) is 12.0 Å². The summed E-state index contributed by atoms with van der Waals surface area (Å²) in [5.41, 5.74) is 1.52. The predicted octanol–water partition coefficient (Wildman–Crippen LogP) is 4.12. The zero-order chi connectivity index (χ0) is 13.0. The highest BCUT2D eigenvalue weighted by Crippen LogP contribution is 2.38. The Kier molecular flexibility index (Phi) is 5.40. The Morgan fingerprint density at radius 2 is 2.17 bits per heavy atom. The lowest BCUT2D eigenvalue weighted by Crippen LogP contribution is -2.37. The van der Waals surface area contributed by atoms with Gasteiger partial charge in [0.25, 0.3) is 0 Å². The number of benzene rings is 1. The van der Waals surface area contributed by atoms with E-state index in [2.05, 4.69) is 43.4 Å². The Morgan fingerprint density at radius 3 is 2.89 bits per heavy atom. The number of thioether (sulfide) groups is 1. The van der Waals surface area contributed by atoms with Crippen LogP contribution in [0.3, 0.4) is 0 Å². The van der Waals surface area contributed by atoms with Gasteiger partial charge in [0.2, 0.25) is 0 Å². The highest BCUT2D eigenvalue weighted by Gasteiger charge is 2.23. The van der Waals surface area contributed by atoms with Crippen LogP contribution in [0.5, 0.6) is 0 Å². The molecule has 1 aromatic rings. The van der Waals surface area contributed by atoms with Crippen LogP contribution in [0.25, 0.3) is 0 Å². The van der Waals surface area contributed by atoms with E-state index in [0.29, 0.717) is 17.9 Å². The normalized spacial score (nSPS) is 20.1. The largest absolute Gasteiger partial charge is 0.313 e. The van der Waals surface area contributed by atoms with Crippen molar-refractivity contribution in [1.82, 2.24) is 5.32 Å². The standard InChI is InChI=1S/C15H22ClNS/c1-11(2)14(7-8-16)17-9-12-10-18-15-6-4-3-5-13(12)15/h3-6,11-12,14,17H,7-10H2,1-2H3. The summed E-state index contributed by atoms with van der Waals surface area (Å²) in [7, 11) is 0. The lowest BCUT2D eigenvalue weighted by atomic mass is 9.98. The second-order valence-corrected chi connectivity index (χ2v) is 6.72. The lowest BCUT2D eigenvalue weighted by molar-refractivity contribution is 0.383. The molecule has 0 fully saturated rings.